The number of rotatable bonds is 3. The molecule has 2 aromatic carbocycles. The number of amides is 1. The van der Waals surface area contributed by atoms with E-state index in [0.717, 1.165) is 0 Å². The van der Waals surface area contributed by atoms with Crippen LogP contribution in [0.2, 0.25) is 0 Å². The third-order valence-corrected chi connectivity index (χ3v) is 3.37. The van der Waals surface area contributed by atoms with E-state index in [1.807, 2.05) is 12.1 Å². The summed E-state index contributed by atoms with van der Waals surface area (Å²) < 4.78 is 11.2. The molecule has 0 fully saturated rings. The zero-order valence-electron chi connectivity index (χ0n) is 12.0. The third-order valence-electron chi connectivity index (χ3n) is 3.37. The van der Waals surface area contributed by atoms with E-state index in [4.69, 9.17) is 9.47 Å². The summed E-state index contributed by atoms with van der Waals surface area (Å²) in [5, 5.41) is 2.73. The molecule has 0 radical (unpaired) electrons. The van der Waals surface area contributed by atoms with Crippen LogP contribution in [0.4, 0.5) is 5.69 Å². The minimum atomic E-state index is -0.755. The van der Waals surface area contributed by atoms with Crippen LogP contribution in [0.5, 0.6) is 11.5 Å². The van der Waals surface area contributed by atoms with Crippen molar-refractivity contribution in [2.45, 2.75) is 13.0 Å². The van der Waals surface area contributed by atoms with E-state index >= 15 is 0 Å². The van der Waals surface area contributed by atoms with E-state index in [2.05, 4.69) is 5.32 Å². The van der Waals surface area contributed by atoms with Gasteiger partial charge < -0.3 is 14.8 Å². The average molecular weight is 297 g/mol. The summed E-state index contributed by atoms with van der Waals surface area (Å²) in [7, 11) is 0. The first kappa shape index (κ1) is 14.1. The number of benzene rings is 2. The largest absolute Gasteiger partial charge is 0.485 e. The molecule has 0 saturated carbocycles. The van der Waals surface area contributed by atoms with Crippen LogP contribution in [-0.4, -0.2) is 24.4 Å². The van der Waals surface area contributed by atoms with Gasteiger partial charge in [0.25, 0.3) is 5.91 Å². The van der Waals surface area contributed by atoms with Crippen molar-refractivity contribution >= 4 is 17.4 Å². The number of Topliss-reactive ketones (excluding diaryl/α,β-unsaturated/α-hetero) is 1. The van der Waals surface area contributed by atoms with Gasteiger partial charge in [0.2, 0.25) is 6.10 Å². The molecule has 2 aromatic rings. The Kier molecular flexibility index (Phi) is 3.78. The molecule has 5 heteroatoms. The number of carbonyl (C=O) groups excluding carboxylic acids is 2. The number of ketones is 1. The van der Waals surface area contributed by atoms with Crippen molar-refractivity contribution in [2.75, 3.05) is 11.9 Å². The molecular weight excluding hydrogens is 282 g/mol. The Morgan fingerprint density at radius 2 is 1.73 bits per heavy atom. The smallest absolute Gasteiger partial charge is 0.269 e. The highest BCUT2D eigenvalue weighted by atomic mass is 16.6. The lowest BCUT2D eigenvalue weighted by molar-refractivity contribution is -0.125. The Hall–Kier alpha value is -2.82. The van der Waals surface area contributed by atoms with Gasteiger partial charge in [-0.05, 0) is 31.2 Å². The Balaban J connectivity index is 1.75. The Morgan fingerprint density at radius 3 is 2.50 bits per heavy atom. The monoisotopic (exact) mass is 297 g/mol. The molecule has 0 bridgehead atoms. The highest BCUT2D eigenvalue weighted by molar-refractivity contribution is 6.04. The molecule has 0 unspecified atom stereocenters. The topological polar surface area (TPSA) is 64.6 Å². The van der Waals surface area contributed by atoms with E-state index in [0.29, 0.717) is 22.7 Å². The molecule has 0 aromatic heterocycles. The minimum absolute atomic E-state index is 0.109. The molecule has 1 atom stereocenters. The van der Waals surface area contributed by atoms with Gasteiger partial charge in [-0.3, -0.25) is 9.59 Å². The molecule has 0 saturated heterocycles. The summed E-state index contributed by atoms with van der Waals surface area (Å²) in [6.45, 7) is 1.59. The standard InChI is InChI=1S/C17H15NO4/c1-11(19)12-6-2-3-7-13(12)18-17(20)16-10-21-14-8-4-5-9-15(14)22-16/h2-9,16H,10H2,1H3,(H,18,20)/t16-/m1/s1. The van der Waals surface area contributed by atoms with Crippen molar-refractivity contribution in [3.63, 3.8) is 0 Å². The molecule has 1 amide bonds. The minimum Gasteiger partial charge on any atom is -0.485 e. The molecule has 1 aliphatic heterocycles. The molecule has 3 rings (SSSR count). The average Bonchev–Trinajstić information content (AvgIpc) is 2.54. The second kappa shape index (κ2) is 5.89. The van der Waals surface area contributed by atoms with Gasteiger partial charge in [0.05, 0.1) is 5.69 Å². The van der Waals surface area contributed by atoms with Crippen LogP contribution >= 0.6 is 0 Å². The first-order valence-electron chi connectivity index (χ1n) is 6.94. The highest BCUT2D eigenvalue weighted by Gasteiger charge is 2.27. The van der Waals surface area contributed by atoms with Crippen molar-refractivity contribution in [3.8, 4) is 11.5 Å². The van der Waals surface area contributed by atoms with E-state index < -0.39 is 6.10 Å². The van der Waals surface area contributed by atoms with Crippen molar-refractivity contribution in [1.82, 2.24) is 0 Å². The highest BCUT2D eigenvalue weighted by Crippen LogP contribution is 2.31. The summed E-state index contributed by atoms with van der Waals surface area (Å²) >= 11 is 0. The maximum Gasteiger partial charge on any atom is 0.269 e. The molecule has 5 nitrogen and oxygen atoms in total. The fourth-order valence-electron chi connectivity index (χ4n) is 2.26. The normalized spacial score (nSPS) is 16.0. The van der Waals surface area contributed by atoms with Crippen LogP contribution < -0.4 is 14.8 Å². The Labute approximate surface area is 127 Å². The predicted octanol–water partition coefficient (Wildman–Crippen LogP) is 2.67. The van der Waals surface area contributed by atoms with Gasteiger partial charge in [0.1, 0.15) is 6.61 Å². The number of hydrogen-bond donors (Lipinski definition) is 1. The lowest BCUT2D eigenvalue weighted by Gasteiger charge is -2.25. The molecule has 0 aliphatic carbocycles. The van der Waals surface area contributed by atoms with Crippen LogP contribution in [0.1, 0.15) is 17.3 Å². The van der Waals surface area contributed by atoms with E-state index in [1.54, 1.807) is 36.4 Å². The van der Waals surface area contributed by atoms with Crippen LogP contribution in [0.15, 0.2) is 48.5 Å². The van der Waals surface area contributed by atoms with Gasteiger partial charge in [-0.1, -0.05) is 24.3 Å². The van der Waals surface area contributed by atoms with Crippen LogP contribution in [-0.2, 0) is 4.79 Å². The number of ether oxygens (including phenoxy) is 2. The number of nitrogens with one attached hydrogen (secondary N) is 1. The lowest BCUT2D eigenvalue weighted by atomic mass is 10.1. The summed E-state index contributed by atoms with van der Waals surface area (Å²) in [4.78, 5) is 23.9. The van der Waals surface area contributed by atoms with Crippen molar-refractivity contribution in [1.29, 1.82) is 0 Å². The lowest BCUT2D eigenvalue weighted by Crippen LogP contribution is -2.40. The molecular formula is C17H15NO4. The molecule has 1 heterocycles. The fourth-order valence-corrected chi connectivity index (χ4v) is 2.26. The molecule has 1 aliphatic rings. The zero-order valence-corrected chi connectivity index (χ0v) is 12.0. The van der Waals surface area contributed by atoms with Gasteiger partial charge >= 0.3 is 0 Å². The Morgan fingerprint density at radius 1 is 1.05 bits per heavy atom. The van der Waals surface area contributed by atoms with Gasteiger partial charge in [-0.25, -0.2) is 0 Å². The van der Waals surface area contributed by atoms with Crippen molar-refractivity contribution < 1.29 is 19.1 Å². The molecule has 1 N–H and O–H groups in total. The molecule has 22 heavy (non-hydrogen) atoms. The SMILES string of the molecule is CC(=O)c1ccccc1NC(=O)[C@H]1COc2ccccc2O1. The van der Waals surface area contributed by atoms with Gasteiger partial charge in [0, 0.05) is 5.56 Å². The van der Waals surface area contributed by atoms with Gasteiger partial charge in [-0.2, -0.15) is 0 Å². The number of anilines is 1. The van der Waals surface area contributed by atoms with Crippen molar-refractivity contribution in [2.24, 2.45) is 0 Å². The third kappa shape index (κ3) is 2.79. The van der Waals surface area contributed by atoms with Gasteiger partial charge in [-0.15, -0.1) is 0 Å². The Bertz CT molecular complexity index is 726. The van der Waals surface area contributed by atoms with E-state index in [1.165, 1.54) is 6.92 Å². The van der Waals surface area contributed by atoms with Crippen LogP contribution in [0.3, 0.4) is 0 Å². The second-order valence-corrected chi connectivity index (χ2v) is 4.96. The summed E-state index contributed by atoms with van der Waals surface area (Å²) in [5.41, 5.74) is 0.940. The number of para-hydroxylation sites is 3. The van der Waals surface area contributed by atoms with Gasteiger partial charge in [0.15, 0.2) is 17.3 Å². The van der Waals surface area contributed by atoms with E-state index in [9.17, 15) is 9.59 Å². The fraction of sp³-hybridized carbons (Fsp3) is 0.176. The maximum atomic E-state index is 12.3. The van der Waals surface area contributed by atoms with Crippen LogP contribution in [0, 0.1) is 0 Å². The maximum absolute atomic E-state index is 12.3. The first-order valence-corrected chi connectivity index (χ1v) is 6.94. The number of fused-ring (bicyclic) bond motifs is 1. The zero-order chi connectivity index (χ0) is 15.5. The second-order valence-electron chi connectivity index (χ2n) is 4.96. The predicted molar refractivity (Wildman–Crippen MR) is 81.4 cm³/mol. The molecule has 112 valence electrons. The quantitative estimate of drug-likeness (QED) is 0.885. The number of hydrogen-bond acceptors (Lipinski definition) is 4. The summed E-state index contributed by atoms with van der Waals surface area (Å²) in [6.07, 6.45) is -0.755. The van der Waals surface area contributed by atoms with Crippen molar-refractivity contribution in [3.05, 3.63) is 54.1 Å². The first-order chi connectivity index (χ1) is 10.6. The van der Waals surface area contributed by atoms with Crippen LogP contribution in [0.25, 0.3) is 0 Å². The molecule has 0 spiro atoms. The summed E-state index contributed by atoms with van der Waals surface area (Å²) in [6, 6.07) is 14.1. The number of carbonyl (C=O) groups is 2. The summed E-state index contributed by atoms with van der Waals surface area (Å²) in [5.74, 6) is 0.703. The van der Waals surface area contributed by atoms with E-state index in [-0.39, 0.29) is 18.3 Å².